The van der Waals surface area contributed by atoms with Gasteiger partial charge in [-0.05, 0) is 12.5 Å². The van der Waals surface area contributed by atoms with Crippen LogP contribution < -0.4 is 5.73 Å². The molecule has 86 valence electrons. The molecule has 1 aliphatic rings. The SMILES string of the molecule is Cc1ccc(C2CN(CCN)C(=O)O2)cc1. The lowest BCUT2D eigenvalue weighted by Gasteiger charge is -2.10. The van der Waals surface area contributed by atoms with Crippen molar-refractivity contribution >= 4 is 6.09 Å². The molecule has 1 saturated heterocycles. The number of benzene rings is 1. The van der Waals surface area contributed by atoms with Crippen LogP contribution in [0.1, 0.15) is 17.2 Å². The van der Waals surface area contributed by atoms with Crippen LogP contribution >= 0.6 is 0 Å². The summed E-state index contributed by atoms with van der Waals surface area (Å²) in [5, 5.41) is 0. The molecule has 1 aromatic carbocycles. The molecule has 4 nitrogen and oxygen atoms in total. The van der Waals surface area contributed by atoms with Crippen molar-refractivity contribution in [3.05, 3.63) is 35.4 Å². The maximum Gasteiger partial charge on any atom is 0.410 e. The van der Waals surface area contributed by atoms with Gasteiger partial charge in [-0.1, -0.05) is 29.8 Å². The molecule has 1 atom stereocenters. The van der Waals surface area contributed by atoms with Gasteiger partial charge in [0.2, 0.25) is 0 Å². The number of nitrogens with two attached hydrogens (primary N) is 1. The summed E-state index contributed by atoms with van der Waals surface area (Å²) in [5.74, 6) is 0. The smallest absolute Gasteiger partial charge is 0.410 e. The molecular formula is C12H16N2O2. The second-order valence-electron chi connectivity index (χ2n) is 4.02. The van der Waals surface area contributed by atoms with Gasteiger partial charge in [0.1, 0.15) is 6.10 Å². The first-order valence-corrected chi connectivity index (χ1v) is 5.43. The molecule has 0 aliphatic carbocycles. The Morgan fingerprint density at radius 2 is 2.12 bits per heavy atom. The van der Waals surface area contributed by atoms with Crippen molar-refractivity contribution in [3.8, 4) is 0 Å². The maximum atomic E-state index is 11.5. The Hall–Kier alpha value is -1.55. The number of rotatable bonds is 3. The fourth-order valence-electron chi connectivity index (χ4n) is 1.80. The molecule has 16 heavy (non-hydrogen) atoms. The highest BCUT2D eigenvalue weighted by Gasteiger charge is 2.31. The first kappa shape index (κ1) is 11.0. The van der Waals surface area contributed by atoms with Gasteiger partial charge >= 0.3 is 6.09 Å². The minimum Gasteiger partial charge on any atom is -0.439 e. The zero-order valence-corrected chi connectivity index (χ0v) is 9.35. The second kappa shape index (κ2) is 4.53. The molecule has 0 spiro atoms. The number of carbonyl (C=O) groups excluding carboxylic acids is 1. The van der Waals surface area contributed by atoms with Crippen molar-refractivity contribution in [1.82, 2.24) is 4.90 Å². The van der Waals surface area contributed by atoms with E-state index >= 15 is 0 Å². The molecule has 1 aliphatic heterocycles. The normalized spacial score (nSPS) is 20.0. The Morgan fingerprint density at radius 1 is 1.44 bits per heavy atom. The van der Waals surface area contributed by atoms with E-state index in [0.29, 0.717) is 19.6 Å². The minimum atomic E-state index is -0.268. The van der Waals surface area contributed by atoms with Crippen LogP contribution in [0.2, 0.25) is 0 Å². The quantitative estimate of drug-likeness (QED) is 0.838. The summed E-state index contributed by atoms with van der Waals surface area (Å²) in [5.41, 5.74) is 7.67. The zero-order chi connectivity index (χ0) is 11.5. The number of hydrogen-bond acceptors (Lipinski definition) is 3. The fraction of sp³-hybridized carbons (Fsp3) is 0.417. The Labute approximate surface area is 95.0 Å². The lowest BCUT2D eigenvalue weighted by molar-refractivity contribution is 0.133. The highest BCUT2D eigenvalue weighted by molar-refractivity contribution is 5.70. The molecule has 1 unspecified atom stereocenters. The fourth-order valence-corrected chi connectivity index (χ4v) is 1.80. The van der Waals surface area contributed by atoms with Crippen molar-refractivity contribution in [2.45, 2.75) is 13.0 Å². The van der Waals surface area contributed by atoms with E-state index in [2.05, 4.69) is 0 Å². The van der Waals surface area contributed by atoms with Crippen LogP contribution in [0.3, 0.4) is 0 Å². The van der Waals surface area contributed by atoms with E-state index in [9.17, 15) is 4.79 Å². The van der Waals surface area contributed by atoms with Crippen LogP contribution in [0.4, 0.5) is 4.79 Å². The standard InChI is InChI=1S/C12H16N2O2/c1-9-2-4-10(5-3-9)11-8-14(7-6-13)12(15)16-11/h2-5,11H,6-8,13H2,1H3. The van der Waals surface area contributed by atoms with Gasteiger partial charge in [0.15, 0.2) is 0 Å². The second-order valence-corrected chi connectivity index (χ2v) is 4.02. The van der Waals surface area contributed by atoms with Crippen LogP contribution in [0.5, 0.6) is 0 Å². The molecule has 0 bridgehead atoms. The lowest BCUT2D eigenvalue weighted by atomic mass is 10.1. The third-order valence-corrected chi connectivity index (χ3v) is 2.74. The summed E-state index contributed by atoms with van der Waals surface area (Å²) < 4.78 is 5.28. The van der Waals surface area contributed by atoms with Gasteiger partial charge in [0.05, 0.1) is 6.54 Å². The number of amides is 1. The van der Waals surface area contributed by atoms with Crippen LogP contribution in [-0.2, 0) is 4.74 Å². The summed E-state index contributed by atoms with van der Waals surface area (Å²) in [4.78, 5) is 13.1. The highest BCUT2D eigenvalue weighted by Crippen LogP contribution is 2.25. The van der Waals surface area contributed by atoms with Crippen LogP contribution in [0.25, 0.3) is 0 Å². The number of aryl methyl sites for hydroxylation is 1. The highest BCUT2D eigenvalue weighted by atomic mass is 16.6. The molecule has 0 aromatic heterocycles. The lowest BCUT2D eigenvalue weighted by Crippen LogP contribution is -2.30. The van der Waals surface area contributed by atoms with Crippen LogP contribution in [0, 0.1) is 6.92 Å². The number of nitrogens with zero attached hydrogens (tertiary/aromatic N) is 1. The van der Waals surface area contributed by atoms with Crippen molar-refractivity contribution in [3.63, 3.8) is 0 Å². The van der Waals surface area contributed by atoms with E-state index in [1.165, 1.54) is 5.56 Å². The van der Waals surface area contributed by atoms with Gasteiger partial charge in [-0.3, -0.25) is 0 Å². The zero-order valence-electron chi connectivity index (χ0n) is 9.35. The Kier molecular flexibility index (Phi) is 3.10. The monoisotopic (exact) mass is 220 g/mol. The number of ether oxygens (including phenoxy) is 1. The molecule has 1 heterocycles. The van der Waals surface area contributed by atoms with Gasteiger partial charge in [-0.2, -0.15) is 0 Å². The molecule has 0 radical (unpaired) electrons. The summed E-state index contributed by atoms with van der Waals surface area (Å²) in [7, 11) is 0. The Morgan fingerprint density at radius 3 is 2.75 bits per heavy atom. The summed E-state index contributed by atoms with van der Waals surface area (Å²) in [6.07, 6.45) is -0.421. The third-order valence-electron chi connectivity index (χ3n) is 2.74. The van der Waals surface area contributed by atoms with Crippen molar-refractivity contribution < 1.29 is 9.53 Å². The Bertz CT molecular complexity index is 375. The van der Waals surface area contributed by atoms with Gasteiger partial charge in [-0.15, -0.1) is 0 Å². The predicted molar refractivity (Wildman–Crippen MR) is 61.0 cm³/mol. The van der Waals surface area contributed by atoms with E-state index < -0.39 is 0 Å². The molecule has 1 aromatic rings. The van der Waals surface area contributed by atoms with E-state index in [-0.39, 0.29) is 12.2 Å². The molecule has 2 N–H and O–H groups in total. The first-order chi connectivity index (χ1) is 7.70. The van der Waals surface area contributed by atoms with Gasteiger partial charge in [0, 0.05) is 13.1 Å². The third kappa shape index (κ3) is 2.17. The van der Waals surface area contributed by atoms with Crippen LogP contribution in [0.15, 0.2) is 24.3 Å². The average Bonchev–Trinajstić information content (AvgIpc) is 2.62. The number of cyclic esters (lactones) is 1. The van der Waals surface area contributed by atoms with Crippen LogP contribution in [-0.4, -0.2) is 30.6 Å². The van der Waals surface area contributed by atoms with E-state index in [1.54, 1.807) is 4.90 Å². The first-order valence-electron chi connectivity index (χ1n) is 5.43. The minimum absolute atomic E-state index is 0.153. The van der Waals surface area contributed by atoms with Crippen molar-refractivity contribution in [2.24, 2.45) is 5.73 Å². The number of hydrogen-bond donors (Lipinski definition) is 1. The topological polar surface area (TPSA) is 55.6 Å². The van der Waals surface area contributed by atoms with Crippen molar-refractivity contribution in [1.29, 1.82) is 0 Å². The summed E-state index contributed by atoms with van der Waals surface area (Å²) in [6.45, 7) is 3.65. The molecule has 0 saturated carbocycles. The predicted octanol–water partition coefficient (Wildman–Crippen LogP) is 1.45. The van der Waals surface area contributed by atoms with E-state index in [1.807, 2.05) is 31.2 Å². The molecule has 2 rings (SSSR count). The maximum absolute atomic E-state index is 11.5. The molecule has 4 heteroatoms. The molecule has 1 amide bonds. The van der Waals surface area contributed by atoms with Gasteiger partial charge in [0.25, 0.3) is 0 Å². The van der Waals surface area contributed by atoms with E-state index in [4.69, 9.17) is 10.5 Å². The summed E-state index contributed by atoms with van der Waals surface area (Å²) in [6, 6.07) is 8.04. The van der Waals surface area contributed by atoms with Gasteiger partial charge in [-0.25, -0.2) is 4.79 Å². The summed E-state index contributed by atoms with van der Waals surface area (Å²) >= 11 is 0. The molecular weight excluding hydrogens is 204 g/mol. The largest absolute Gasteiger partial charge is 0.439 e. The Balaban J connectivity index is 2.07. The van der Waals surface area contributed by atoms with Gasteiger partial charge < -0.3 is 15.4 Å². The van der Waals surface area contributed by atoms with E-state index in [0.717, 1.165) is 5.56 Å². The number of carbonyl (C=O) groups is 1. The van der Waals surface area contributed by atoms with Crippen molar-refractivity contribution in [2.75, 3.05) is 19.6 Å². The molecule has 1 fully saturated rings. The average molecular weight is 220 g/mol.